The van der Waals surface area contributed by atoms with E-state index in [4.69, 9.17) is 9.26 Å². The molecule has 1 fully saturated rings. The van der Waals surface area contributed by atoms with Gasteiger partial charge in [-0.2, -0.15) is 9.29 Å². The summed E-state index contributed by atoms with van der Waals surface area (Å²) in [5, 5.41) is 5.70. The van der Waals surface area contributed by atoms with E-state index in [2.05, 4.69) is 10.1 Å². The second-order valence-electron chi connectivity index (χ2n) is 6.38. The Morgan fingerprint density at radius 3 is 2.86 bits per heavy atom. The molecule has 0 saturated carbocycles. The van der Waals surface area contributed by atoms with Gasteiger partial charge in [0, 0.05) is 19.5 Å². The van der Waals surface area contributed by atoms with Gasteiger partial charge in [0.05, 0.1) is 12.5 Å². The molecule has 0 amide bonds. The van der Waals surface area contributed by atoms with Crippen LogP contribution in [0.5, 0.6) is 5.75 Å². The van der Waals surface area contributed by atoms with Gasteiger partial charge in [0.2, 0.25) is 5.89 Å². The largest absolute Gasteiger partial charge is 0.493 e. The molecule has 1 atom stereocenters. The Morgan fingerprint density at radius 2 is 2.11 bits per heavy atom. The van der Waals surface area contributed by atoms with Crippen molar-refractivity contribution in [3.05, 3.63) is 59.3 Å². The van der Waals surface area contributed by atoms with Crippen molar-refractivity contribution in [3.63, 3.8) is 0 Å². The van der Waals surface area contributed by atoms with E-state index in [-0.39, 0.29) is 11.7 Å². The lowest BCUT2D eigenvalue weighted by Crippen LogP contribution is -2.28. The Hall–Kier alpha value is -2.30. The molecule has 3 aromatic rings. The average molecular weight is 423 g/mol. The van der Waals surface area contributed by atoms with Crippen LogP contribution in [0, 0.1) is 5.82 Å². The highest BCUT2D eigenvalue weighted by Gasteiger charge is 2.36. The van der Waals surface area contributed by atoms with Gasteiger partial charge in [-0.05, 0) is 42.1 Å². The lowest BCUT2D eigenvalue weighted by atomic mass is 10.1. The van der Waals surface area contributed by atoms with Crippen molar-refractivity contribution >= 4 is 21.4 Å². The molecule has 0 N–H and O–H groups in total. The number of halogens is 1. The molecule has 0 spiro atoms. The van der Waals surface area contributed by atoms with Crippen molar-refractivity contribution in [1.29, 1.82) is 0 Å². The number of nitrogens with zero attached hydrogens (tertiary/aromatic N) is 3. The van der Waals surface area contributed by atoms with Crippen molar-refractivity contribution in [3.8, 4) is 5.75 Å². The van der Waals surface area contributed by atoms with Crippen LogP contribution in [0.1, 0.15) is 24.1 Å². The lowest BCUT2D eigenvalue weighted by molar-refractivity contribution is 0.312. The maximum Gasteiger partial charge on any atom is 0.252 e. The fourth-order valence-electron chi connectivity index (χ4n) is 3.01. The predicted molar refractivity (Wildman–Crippen MR) is 100 cm³/mol. The van der Waals surface area contributed by atoms with Crippen LogP contribution < -0.4 is 4.74 Å². The summed E-state index contributed by atoms with van der Waals surface area (Å²) in [4.78, 5) is 4.38. The van der Waals surface area contributed by atoms with Gasteiger partial charge in [0.15, 0.2) is 5.82 Å². The first-order valence-corrected chi connectivity index (χ1v) is 11.1. The van der Waals surface area contributed by atoms with E-state index >= 15 is 0 Å². The maximum absolute atomic E-state index is 12.9. The maximum atomic E-state index is 12.9. The van der Waals surface area contributed by atoms with Gasteiger partial charge in [-0.1, -0.05) is 11.2 Å². The normalized spacial score (nSPS) is 17.8. The summed E-state index contributed by atoms with van der Waals surface area (Å²) in [7, 11) is -3.46. The molecule has 1 unspecified atom stereocenters. The Labute approximate surface area is 165 Å². The number of benzene rings is 1. The minimum atomic E-state index is -3.46. The predicted octanol–water partition coefficient (Wildman–Crippen LogP) is 3.07. The molecular formula is C18H18FN3O4S2. The molecular weight excluding hydrogens is 405 g/mol. The Morgan fingerprint density at radius 1 is 1.29 bits per heavy atom. The molecule has 28 heavy (non-hydrogen) atoms. The Bertz CT molecular complexity index is 1020. The van der Waals surface area contributed by atoms with Crippen molar-refractivity contribution in [1.82, 2.24) is 14.4 Å². The van der Waals surface area contributed by atoms with Crippen LogP contribution >= 0.6 is 11.3 Å². The van der Waals surface area contributed by atoms with Gasteiger partial charge in [0.25, 0.3) is 10.0 Å². The first-order valence-electron chi connectivity index (χ1n) is 8.77. The van der Waals surface area contributed by atoms with Gasteiger partial charge in [-0.25, -0.2) is 12.8 Å². The second-order valence-corrected chi connectivity index (χ2v) is 9.49. The molecule has 2 aromatic heterocycles. The van der Waals surface area contributed by atoms with Crippen molar-refractivity contribution in [2.45, 2.75) is 23.0 Å². The molecule has 3 heterocycles. The molecule has 4 rings (SSSR count). The molecule has 1 aliphatic heterocycles. The fraction of sp³-hybridized carbons (Fsp3) is 0.333. The summed E-state index contributed by atoms with van der Waals surface area (Å²) in [6.45, 7) is 1.08. The molecule has 1 saturated heterocycles. The van der Waals surface area contributed by atoms with E-state index in [1.54, 1.807) is 29.6 Å². The van der Waals surface area contributed by atoms with Crippen LogP contribution in [-0.2, 0) is 16.4 Å². The standard InChI is InChI=1S/C18H18FN3O4S2/c19-14-3-5-15(6-4-14)25-10-8-16-20-18(26-21-16)13-7-9-22(12-13)28(23,24)17-2-1-11-27-17/h1-6,11,13H,7-10,12H2. The zero-order chi connectivity index (χ0) is 19.6. The fourth-order valence-corrected chi connectivity index (χ4v) is 5.66. The Balaban J connectivity index is 1.33. The molecule has 0 radical (unpaired) electrons. The van der Waals surface area contributed by atoms with Crippen LogP contribution in [0.15, 0.2) is 50.5 Å². The average Bonchev–Trinajstić information content (AvgIpc) is 3.44. The number of sulfonamides is 1. The van der Waals surface area contributed by atoms with E-state index in [0.717, 1.165) is 0 Å². The van der Waals surface area contributed by atoms with E-state index < -0.39 is 10.0 Å². The minimum Gasteiger partial charge on any atom is -0.493 e. The monoisotopic (exact) mass is 423 g/mol. The van der Waals surface area contributed by atoms with Gasteiger partial charge in [0.1, 0.15) is 15.8 Å². The number of hydrogen-bond acceptors (Lipinski definition) is 7. The third-order valence-corrected chi connectivity index (χ3v) is 7.72. The van der Waals surface area contributed by atoms with Gasteiger partial charge in [-0.3, -0.25) is 0 Å². The first-order chi connectivity index (χ1) is 13.5. The number of aromatic nitrogens is 2. The van der Waals surface area contributed by atoms with Crippen LogP contribution in [0.3, 0.4) is 0 Å². The summed E-state index contributed by atoms with van der Waals surface area (Å²) in [5.41, 5.74) is 0. The summed E-state index contributed by atoms with van der Waals surface area (Å²) < 4.78 is 50.8. The van der Waals surface area contributed by atoms with Gasteiger partial charge >= 0.3 is 0 Å². The highest BCUT2D eigenvalue weighted by atomic mass is 32.2. The molecule has 0 aliphatic carbocycles. The minimum absolute atomic E-state index is 0.117. The number of hydrogen-bond donors (Lipinski definition) is 0. The third-order valence-electron chi connectivity index (χ3n) is 4.48. The zero-order valence-corrected chi connectivity index (χ0v) is 16.5. The van der Waals surface area contributed by atoms with Crippen molar-refractivity contribution in [2.75, 3.05) is 19.7 Å². The number of ether oxygens (including phenoxy) is 1. The molecule has 10 heteroatoms. The van der Waals surface area contributed by atoms with Gasteiger partial charge in [-0.15, -0.1) is 11.3 Å². The smallest absolute Gasteiger partial charge is 0.252 e. The SMILES string of the molecule is O=S(=O)(c1cccs1)N1CCC(c2nc(CCOc3ccc(F)cc3)no2)C1. The first kappa shape index (κ1) is 19.0. The Kier molecular flexibility index (Phi) is 5.42. The quantitative estimate of drug-likeness (QED) is 0.581. The number of thiophene rings is 1. The second kappa shape index (κ2) is 7.98. The van der Waals surface area contributed by atoms with Crippen LogP contribution in [0.25, 0.3) is 0 Å². The van der Waals surface area contributed by atoms with E-state index in [9.17, 15) is 12.8 Å². The summed E-state index contributed by atoms with van der Waals surface area (Å²) in [6, 6.07) is 9.11. The molecule has 0 bridgehead atoms. The zero-order valence-electron chi connectivity index (χ0n) is 14.8. The van der Waals surface area contributed by atoms with E-state index in [0.29, 0.717) is 54.2 Å². The van der Waals surface area contributed by atoms with E-state index in [1.807, 2.05) is 0 Å². The molecule has 1 aromatic carbocycles. The highest BCUT2D eigenvalue weighted by Crippen LogP contribution is 2.31. The number of rotatable bonds is 7. The summed E-state index contributed by atoms with van der Waals surface area (Å²) >= 11 is 1.21. The van der Waals surface area contributed by atoms with Crippen molar-refractivity contribution < 1.29 is 22.1 Å². The van der Waals surface area contributed by atoms with Crippen LogP contribution in [0.4, 0.5) is 4.39 Å². The van der Waals surface area contributed by atoms with Crippen LogP contribution in [-0.4, -0.2) is 42.6 Å². The molecule has 1 aliphatic rings. The van der Waals surface area contributed by atoms with E-state index in [1.165, 1.54) is 27.8 Å². The van der Waals surface area contributed by atoms with Gasteiger partial charge < -0.3 is 9.26 Å². The highest BCUT2D eigenvalue weighted by molar-refractivity contribution is 7.91. The molecule has 148 valence electrons. The topological polar surface area (TPSA) is 85.5 Å². The summed E-state index contributed by atoms with van der Waals surface area (Å²) in [6.07, 6.45) is 1.07. The lowest BCUT2D eigenvalue weighted by Gasteiger charge is -2.14. The summed E-state index contributed by atoms with van der Waals surface area (Å²) in [5.74, 6) is 1.07. The van der Waals surface area contributed by atoms with Crippen LogP contribution in [0.2, 0.25) is 0 Å². The molecule has 7 nitrogen and oxygen atoms in total. The van der Waals surface area contributed by atoms with Crippen molar-refractivity contribution in [2.24, 2.45) is 0 Å². The third kappa shape index (κ3) is 4.08.